The zero-order valence-electron chi connectivity index (χ0n) is 11.3. The summed E-state index contributed by atoms with van der Waals surface area (Å²) in [6, 6.07) is 7.20. The number of hydrogen-bond donors (Lipinski definition) is 2. The van der Waals surface area contributed by atoms with E-state index < -0.39 is 0 Å². The number of carbonyl (C=O) groups excluding carboxylic acids is 1. The van der Waals surface area contributed by atoms with Gasteiger partial charge in [0.1, 0.15) is 5.75 Å². The van der Waals surface area contributed by atoms with Gasteiger partial charge in [0.15, 0.2) is 0 Å². The van der Waals surface area contributed by atoms with Crippen molar-refractivity contribution in [2.24, 2.45) is 0 Å². The average molecular weight is 250 g/mol. The molecular weight excluding hydrogens is 228 g/mol. The van der Waals surface area contributed by atoms with Crippen molar-refractivity contribution in [2.45, 2.75) is 33.2 Å². The van der Waals surface area contributed by atoms with Crippen LogP contribution in [0.15, 0.2) is 24.3 Å². The summed E-state index contributed by atoms with van der Waals surface area (Å²) in [5.74, 6) is 0.792. The van der Waals surface area contributed by atoms with Crippen molar-refractivity contribution in [3.63, 3.8) is 0 Å². The number of carbonyl (C=O) groups is 1. The van der Waals surface area contributed by atoms with E-state index >= 15 is 0 Å². The minimum absolute atomic E-state index is 0.0207. The topological polar surface area (TPSA) is 50.4 Å². The normalized spacial score (nSPS) is 11.9. The summed E-state index contributed by atoms with van der Waals surface area (Å²) in [5.41, 5.74) is 0.786. The Morgan fingerprint density at radius 3 is 2.50 bits per heavy atom. The van der Waals surface area contributed by atoms with E-state index in [4.69, 9.17) is 4.74 Å². The second-order valence-electron chi connectivity index (χ2n) is 4.12. The Kier molecular flexibility index (Phi) is 6.22. The van der Waals surface area contributed by atoms with E-state index in [1.165, 1.54) is 0 Å². The maximum absolute atomic E-state index is 11.8. The smallest absolute Gasteiger partial charge is 0.241 e. The SMILES string of the molecule is CCCNC(C)C(=O)Nc1ccc(OCC)cc1. The Morgan fingerprint density at radius 1 is 1.28 bits per heavy atom. The minimum Gasteiger partial charge on any atom is -0.494 e. The highest BCUT2D eigenvalue weighted by Crippen LogP contribution is 2.15. The molecular formula is C14H22N2O2. The fraction of sp³-hybridized carbons (Fsp3) is 0.500. The van der Waals surface area contributed by atoms with Gasteiger partial charge in [-0.15, -0.1) is 0 Å². The van der Waals surface area contributed by atoms with Crippen LogP contribution in [0, 0.1) is 0 Å². The average Bonchev–Trinajstić information content (AvgIpc) is 2.38. The maximum Gasteiger partial charge on any atom is 0.241 e. The Balaban J connectivity index is 2.48. The van der Waals surface area contributed by atoms with Crippen LogP contribution in [0.1, 0.15) is 27.2 Å². The molecule has 100 valence electrons. The van der Waals surface area contributed by atoms with Crippen LogP contribution in [0.25, 0.3) is 0 Å². The van der Waals surface area contributed by atoms with Crippen molar-refractivity contribution in [1.82, 2.24) is 5.32 Å². The van der Waals surface area contributed by atoms with E-state index in [1.54, 1.807) is 0 Å². The molecule has 0 bridgehead atoms. The van der Waals surface area contributed by atoms with Gasteiger partial charge in [-0.3, -0.25) is 4.79 Å². The molecule has 1 unspecified atom stereocenters. The highest BCUT2D eigenvalue weighted by molar-refractivity contribution is 5.94. The molecule has 4 nitrogen and oxygen atoms in total. The summed E-state index contributed by atoms with van der Waals surface area (Å²) in [7, 11) is 0. The predicted octanol–water partition coefficient (Wildman–Crippen LogP) is 2.41. The van der Waals surface area contributed by atoms with Crippen LogP contribution in [0.4, 0.5) is 5.69 Å². The van der Waals surface area contributed by atoms with Crippen LogP contribution in [-0.2, 0) is 4.79 Å². The molecule has 0 aliphatic heterocycles. The Hall–Kier alpha value is -1.55. The number of nitrogens with one attached hydrogen (secondary N) is 2. The first kappa shape index (κ1) is 14.5. The molecule has 1 aromatic rings. The lowest BCUT2D eigenvalue weighted by molar-refractivity contribution is -0.117. The summed E-state index contributed by atoms with van der Waals surface area (Å²) in [5, 5.41) is 6.01. The molecule has 0 saturated carbocycles. The summed E-state index contributed by atoms with van der Waals surface area (Å²) >= 11 is 0. The van der Waals surface area contributed by atoms with E-state index in [0.29, 0.717) is 6.61 Å². The van der Waals surface area contributed by atoms with Gasteiger partial charge in [0.25, 0.3) is 0 Å². The van der Waals surface area contributed by atoms with E-state index in [2.05, 4.69) is 17.6 Å². The lowest BCUT2D eigenvalue weighted by Gasteiger charge is -2.13. The minimum atomic E-state index is -0.184. The first-order valence-electron chi connectivity index (χ1n) is 6.44. The molecule has 0 aliphatic rings. The van der Waals surface area contributed by atoms with Crippen molar-refractivity contribution in [3.05, 3.63) is 24.3 Å². The third-order valence-electron chi connectivity index (χ3n) is 2.53. The van der Waals surface area contributed by atoms with Gasteiger partial charge < -0.3 is 15.4 Å². The van der Waals surface area contributed by atoms with Crippen molar-refractivity contribution in [1.29, 1.82) is 0 Å². The molecule has 0 fully saturated rings. The molecule has 0 spiro atoms. The maximum atomic E-state index is 11.8. The van der Waals surface area contributed by atoms with Crippen LogP contribution < -0.4 is 15.4 Å². The van der Waals surface area contributed by atoms with E-state index in [-0.39, 0.29) is 11.9 Å². The van der Waals surface area contributed by atoms with E-state index in [1.807, 2.05) is 38.1 Å². The van der Waals surface area contributed by atoms with Crippen LogP contribution in [0.5, 0.6) is 5.75 Å². The molecule has 1 amide bonds. The number of amides is 1. The number of rotatable bonds is 7. The second kappa shape index (κ2) is 7.71. The van der Waals surface area contributed by atoms with E-state index in [9.17, 15) is 4.79 Å². The van der Waals surface area contributed by atoms with Crippen molar-refractivity contribution >= 4 is 11.6 Å². The van der Waals surface area contributed by atoms with Crippen molar-refractivity contribution in [2.75, 3.05) is 18.5 Å². The number of anilines is 1. The summed E-state index contributed by atoms with van der Waals surface area (Å²) in [4.78, 5) is 11.8. The fourth-order valence-corrected chi connectivity index (χ4v) is 1.51. The molecule has 2 N–H and O–H groups in total. The molecule has 1 rings (SSSR count). The van der Waals surface area contributed by atoms with Crippen molar-refractivity contribution < 1.29 is 9.53 Å². The van der Waals surface area contributed by atoms with Crippen LogP contribution >= 0.6 is 0 Å². The predicted molar refractivity (Wildman–Crippen MR) is 74.0 cm³/mol. The largest absolute Gasteiger partial charge is 0.494 e. The molecule has 0 radical (unpaired) electrons. The van der Waals surface area contributed by atoms with Gasteiger partial charge in [0, 0.05) is 5.69 Å². The molecule has 0 aliphatic carbocycles. The Labute approximate surface area is 109 Å². The third kappa shape index (κ3) is 4.75. The summed E-state index contributed by atoms with van der Waals surface area (Å²) in [6.45, 7) is 7.36. The molecule has 1 aromatic carbocycles. The number of ether oxygens (including phenoxy) is 1. The lowest BCUT2D eigenvalue weighted by Crippen LogP contribution is -2.38. The molecule has 1 atom stereocenters. The highest BCUT2D eigenvalue weighted by atomic mass is 16.5. The van der Waals surface area contributed by atoms with Gasteiger partial charge >= 0.3 is 0 Å². The molecule has 4 heteroatoms. The third-order valence-corrected chi connectivity index (χ3v) is 2.53. The molecule has 18 heavy (non-hydrogen) atoms. The highest BCUT2D eigenvalue weighted by Gasteiger charge is 2.11. The second-order valence-corrected chi connectivity index (χ2v) is 4.12. The zero-order chi connectivity index (χ0) is 13.4. The first-order chi connectivity index (χ1) is 8.67. The van der Waals surface area contributed by atoms with Gasteiger partial charge in [-0.1, -0.05) is 6.92 Å². The van der Waals surface area contributed by atoms with Gasteiger partial charge in [-0.2, -0.15) is 0 Å². The van der Waals surface area contributed by atoms with Crippen molar-refractivity contribution in [3.8, 4) is 5.75 Å². The first-order valence-corrected chi connectivity index (χ1v) is 6.44. The van der Waals surface area contributed by atoms with Crippen LogP contribution in [0.2, 0.25) is 0 Å². The van der Waals surface area contributed by atoms with Gasteiger partial charge in [0.2, 0.25) is 5.91 Å². The summed E-state index contributed by atoms with van der Waals surface area (Å²) < 4.78 is 5.34. The zero-order valence-corrected chi connectivity index (χ0v) is 11.3. The van der Waals surface area contributed by atoms with Crippen LogP contribution in [0.3, 0.4) is 0 Å². The van der Waals surface area contributed by atoms with Gasteiger partial charge in [-0.05, 0) is 51.1 Å². The number of benzene rings is 1. The fourth-order valence-electron chi connectivity index (χ4n) is 1.51. The standard InChI is InChI=1S/C14H22N2O2/c1-4-10-15-11(3)14(17)16-12-6-8-13(9-7-12)18-5-2/h6-9,11,15H,4-5,10H2,1-3H3,(H,16,17). The molecule has 0 saturated heterocycles. The number of hydrogen-bond acceptors (Lipinski definition) is 3. The Bertz CT molecular complexity index is 363. The van der Waals surface area contributed by atoms with Crippen LogP contribution in [-0.4, -0.2) is 25.1 Å². The van der Waals surface area contributed by atoms with Gasteiger partial charge in [0.05, 0.1) is 12.6 Å². The van der Waals surface area contributed by atoms with E-state index in [0.717, 1.165) is 24.4 Å². The molecule has 0 aromatic heterocycles. The summed E-state index contributed by atoms with van der Waals surface area (Å²) in [6.07, 6.45) is 1.01. The Morgan fingerprint density at radius 2 is 1.94 bits per heavy atom. The van der Waals surface area contributed by atoms with Gasteiger partial charge in [-0.25, -0.2) is 0 Å². The lowest BCUT2D eigenvalue weighted by atomic mass is 10.2. The quantitative estimate of drug-likeness (QED) is 0.781. The molecule has 0 heterocycles. The monoisotopic (exact) mass is 250 g/mol.